The Morgan fingerprint density at radius 1 is 0.789 bits per heavy atom. The van der Waals surface area contributed by atoms with E-state index in [9.17, 15) is 9.59 Å². The van der Waals surface area contributed by atoms with E-state index >= 15 is 0 Å². The Morgan fingerprint density at radius 3 is 1.92 bits per heavy atom. The highest BCUT2D eigenvalue weighted by atomic mass is 16.6. The summed E-state index contributed by atoms with van der Waals surface area (Å²) in [5, 5.41) is 2.81. The van der Waals surface area contributed by atoms with E-state index in [2.05, 4.69) is 4.90 Å². The largest absolute Gasteiger partial charge is 0.497 e. The van der Waals surface area contributed by atoms with Crippen LogP contribution in [0, 0.1) is 0 Å². The van der Waals surface area contributed by atoms with E-state index in [-0.39, 0.29) is 25.9 Å². The van der Waals surface area contributed by atoms with Gasteiger partial charge in [-0.2, -0.15) is 5.01 Å². The van der Waals surface area contributed by atoms with Crippen LogP contribution in [0.2, 0.25) is 0 Å². The molecule has 1 saturated heterocycles. The summed E-state index contributed by atoms with van der Waals surface area (Å²) in [7, 11) is 1.65. The topological polar surface area (TPSA) is 71.6 Å². The molecule has 1 atom stereocenters. The summed E-state index contributed by atoms with van der Waals surface area (Å²) in [4.78, 5) is 28.8. The van der Waals surface area contributed by atoms with Gasteiger partial charge < -0.3 is 14.2 Å². The van der Waals surface area contributed by atoms with Gasteiger partial charge in [0.1, 0.15) is 19.0 Å². The number of methoxy groups -OCH3 is 1. The Hall–Kier alpha value is -4.04. The second-order valence-corrected chi connectivity index (χ2v) is 9.20. The third-order valence-corrected chi connectivity index (χ3v) is 6.56. The van der Waals surface area contributed by atoms with Crippen LogP contribution in [0.5, 0.6) is 5.75 Å². The van der Waals surface area contributed by atoms with Gasteiger partial charge in [-0.1, -0.05) is 79.7 Å². The maximum Gasteiger partial charge on any atom is 0.430 e. The van der Waals surface area contributed by atoms with Crippen molar-refractivity contribution in [3.05, 3.63) is 102 Å². The van der Waals surface area contributed by atoms with Crippen LogP contribution in [0.15, 0.2) is 84.9 Å². The standard InChI is InChI=1S/C30H35N3O5/c1-3-27-20-31(19-18-24-14-16-28(36-2)17-15-24)23-32(29(34)37-21-25-10-6-4-7-11-25)33(27)30(35)38-22-26-12-8-5-9-13-26/h4-17,27H,3,18-23H2,1-2H3. The first kappa shape index (κ1) is 27.0. The monoisotopic (exact) mass is 517 g/mol. The minimum absolute atomic E-state index is 0.117. The summed E-state index contributed by atoms with van der Waals surface area (Å²) in [5.41, 5.74) is 2.92. The molecule has 0 N–H and O–H groups in total. The molecule has 1 aliphatic heterocycles. The smallest absolute Gasteiger partial charge is 0.430 e. The maximum absolute atomic E-state index is 13.3. The molecule has 0 spiro atoms. The van der Waals surface area contributed by atoms with Gasteiger partial charge in [-0.15, -0.1) is 0 Å². The highest BCUT2D eigenvalue weighted by Gasteiger charge is 2.40. The Labute approximate surface area is 224 Å². The van der Waals surface area contributed by atoms with Crippen molar-refractivity contribution in [3.63, 3.8) is 0 Å². The zero-order valence-electron chi connectivity index (χ0n) is 22.0. The van der Waals surface area contributed by atoms with Gasteiger partial charge in [0.15, 0.2) is 0 Å². The van der Waals surface area contributed by atoms with E-state index in [1.165, 1.54) is 15.6 Å². The lowest BCUT2D eigenvalue weighted by molar-refractivity contribution is -0.110. The third-order valence-electron chi connectivity index (χ3n) is 6.56. The summed E-state index contributed by atoms with van der Waals surface area (Å²) in [6.45, 7) is 3.81. The van der Waals surface area contributed by atoms with Gasteiger partial charge in [-0.3, -0.25) is 4.90 Å². The Balaban J connectivity index is 1.46. The number of nitrogens with zero attached hydrogens (tertiary/aromatic N) is 3. The number of ether oxygens (including phenoxy) is 3. The van der Waals surface area contributed by atoms with Crippen LogP contribution in [0.4, 0.5) is 9.59 Å². The first-order chi connectivity index (χ1) is 18.6. The molecule has 200 valence electrons. The van der Waals surface area contributed by atoms with Crippen molar-refractivity contribution in [3.8, 4) is 5.75 Å². The molecular formula is C30H35N3O5. The first-order valence-electron chi connectivity index (χ1n) is 12.9. The molecule has 8 nitrogen and oxygen atoms in total. The number of hydrogen-bond acceptors (Lipinski definition) is 6. The molecule has 0 aliphatic carbocycles. The first-order valence-corrected chi connectivity index (χ1v) is 12.9. The molecule has 1 aliphatic rings. The SMILES string of the molecule is CCC1CN(CCc2ccc(OC)cc2)CN(C(=O)OCc2ccccc2)N1C(=O)OCc1ccccc1. The molecule has 8 heteroatoms. The van der Waals surface area contributed by atoms with E-state index in [1.807, 2.05) is 91.9 Å². The van der Waals surface area contributed by atoms with Crippen LogP contribution < -0.4 is 4.74 Å². The molecule has 1 heterocycles. The van der Waals surface area contributed by atoms with Gasteiger partial charge in [0.25, 0.3) is 0 Å². The van der Waals surface area contributed by atoms with Gasteiger partial charge in [0.05, 0.1) is 19.8 Å². The van der Waals surface area contributed by atoms with Crippen LogP contribution in [-0.2, 0) is 29.1 Å². The Morgan fingerprint density at radius 2 is 1.37 bits per heavy atom. The Bertz CT molecular complexity index is 1160. The molecule has 1 fully saturated rings. The van der Waals surface area contributed by atoms with E-state index in [1.54, 1.807) is 7.11 Å². The van der Waals surface area contributed by atoms with E-state index in [4.69, 9.17) is 14.2 Å². The number of benzene rings is 3. The van der Waals surface area contributed by atoms with Gasteiger partial charge in [-0.25, -0.2) is 14.6 Å². The molecular weight excluding hydrogens is 482 g/mol. The number of hydrazine groups is 1. The Kier molecular flexibility index (Phi) is 9.59. The van der Waals surface area contributed by atoms with Crippen molar-refractivity contribution in [2.45, 2.75) is 39.0 Å². The third kappa shape index (κ3) is 7.26. The fourth-order valence-electron chi connectivity index (χ4n) is 4.40. The summed E-state index contributed by atoms with van der Waals surface area (Å²) in [6, 6.07) is 26.7. The van der Waals surface area contributed by atoms with Crippen LogP contribution in [-0.4, -0.2) is 60.0 Å². The van der Waals surface area contributed by atoms with Crippen molar-refractivity contribution in [1.29, 1.82) is 0 Å². The molecule has 38 heavy (non-hydrogen) atoms. The predicted octanol–water partition coefficient (Wildman–Crippen LogP) is 5.48. The lowest BCUT2D eigenvalue weighted by Crippen LogP contribution is -2.65. The van der Waals surface area contributed by atoms with Crippen molar-refractivity contribution in [2.75, 3.05) is 26.9 Å². The van der Waals surface area contributed by atoms with Crippen LogP contribution in [0.25, 0.3) is 0 Å². The highest BCUT2D eigenvalue weighted by molar-refractivity contribution is 5.74. The van der Waals surface area contributed by atoms with Crippen LogP contribution in [0.3, 0.4) is 0 Å². The van der Waals surface area contributed by atoms with Crippen LogP contribution >= 0.6 is 0 Å². The number of rotatable bonds is 9. The van der Waals surface area contributed by atoms with Gasteiger partial charge in [0.2, 0.25) is 0 Å². The second-order valence-electron chi connectivity index (χ2n) is 9.20. The average Bonchev–Trinajstić information content (AvgIpc) is 2.98. The highest BCUT2D eigenvalue weighted by Crippen LogP contribution is 2.22. The van der Waals surface area contributed by atoms with E-state index < -0.39 is 12.2 Å². The fraction of sp³-hybridized carbons (Fsp3) is 0.333. The molecule has 2 amide bonds. The molecule has 1 unspecified atom stereocenters. The summed E-state index contributed by atoms with van der Waals surface area (Å²) < 4.78 is 16.5. The quantitative estimate of drug-likeness (QED) is 0.374. The molecule has 0 bridgehead atoms. The molecule has 4 rings (SSSR count). The molecule has 3 aromatic rings. The second kappa shape index (κ2) is 13.5. The lowest BCUT2D eigenvalue weighted by atomic mass is 10.1. The molecule has 3 aromatic carbocycles. The molecule has 0 radical (unpaired) electrons. The van der Waals surface area contributed by atoms with E-state index in [0.29, 0.717) is 13.0 Å². The normalized spacial score (nSPS) is 15.7. The number of hydrogen-bond donors (Lipinski definition) is 0. The zero-order valence-corrected chi connectivity index (χ0v) is 22.0. The maximum atomic E-state index is 13.3. The predicted molar refractivity (Wildman–Crippen MR) is 144 cm³/mol. The van der Waals surface area contributed by atoms with Crippen LogP contribution in [0.1, 0.15) is 30.0 Å². The van der Waals surface area contributed by atoms with Crippen molar-refractivity contribution in [1.82, 2.24) is 14.9 Å². The zero-order chi connectivity index (χ0) is 26.7. The summed E-state index contributed by atoms with van der Waals surface area (Å²) >= 11 is 0. The molecule has 0 aromatic heterocycles. The number of amides is 2. The number of carbonyl (C=O) groups is 2. The van der Waals surface area contributed by atoms with Crippen molar-refractivity contribution >= 4 is 12.2 Å². The minimum Gasteiger partial charge on any atom is -0.497 e. The average molecular weight is 518 g/mol. The lowest BCUT2D eigenvalue weighted by Gasteiger charge is -2.46. The summed E-state index contributed by atoms with van der Waals surface area (Å²) in [5.74, 6) is 0.815. The van der Waals surface area contributed by atoms with Crippen molar-refractivity contribution < 1.29 is 23.8 Å². The fourth-order valence-corrected chi connectivity index (χ4v) is 4.40. The molecule has 0 saturated carbocycles. The van der Waals surface area contributed by atoms with Crippen molar-refractivity contribution in [2.24, 2.45) is 0 Å². The van der Waals surface area contributed by atoms with Gasteiger partial charge >= 0.3 is 12.2 Å². The van der Waals surface area contributed by atoms with Gasteiger partial charge in [0, 0.05) is 13.1 Å². The summed E-state index contributed by atoms with van der Waals surface area (Å²) in [6.07, 6.45) is 0.304. The minimum atomic E-state index is -0.585. The van der Waals surface area contributed by atoms with Gasteiger partial charge in [-0.05, 0) is 41.7 Å². The van der Waals surface area contributed by atoms with E-state index in [0.717, 1.165) is 29.8 Å². The number of carbonyl (C=O) groups excluding carboxylic acids is 2.